The Bertz CT molecular complexity index is 978. The lowest BCUT2D eigenvalue weighted by Gasteiger charge is -2.01. The molecule has 0 saturated carbocycles. The van der Waals surface area contributed by atoms with E-state index < -0.39 is 0 Å². The minimum atomic E-state index is -0.190. The maximum Gasteiger partial charge on any atom is 0.270 e. The van der Waals surface area contributed by atoms with Crippen molar-refractivity contribution in [2.24, 2.45) is 4.99 Å². The molecule has 0 saturated heterocycles. The monoisotopic (exact) mass is 295 g/mol. The van der Waals surface area contributed by atoms with Gasteiger partial charge in [-0.2, -0.15) is 0 Å². The van der Waals surface area contributed by atoms with Crippen LogP contribution in [0.2, 0.25) is 0 Å². The van der Waals surface area contributed by atoms with Gasteiger partial charge in [-0.25, -0.2) is 19.9 Å². The van der Waals surface area contributed by atoms with Crippen LogP contribution < -0.4 is 10.6 Å². The highest BCUT2D eigenvalue weighted by Gasteiger charge is 2.08. The summed E-state index contributed by atoms with van der Waals surface area (Å²) in [5.41, 5.74) is 2.63. The number of aromatic amines is 1. The number of benzene rings is 1. The number of hydrogen-bond donors (Lipinski definition) is 1. The lowest BCUT2D eigenvalue weighted by atomic mass is 10.2. The third kappa shape index (κ3) is 2.21. The Morgan fingerprint density at radius 3 is 3.10 bits per heavy atom. The topological polar surface area (TPSA) is 83.9 Å². The number of thioether (sulfide) groups is 1. The second-order valence-electron chi connectivity index (χ2n) is 4.56. The van der Waals surface area contributed by atoms with E-state index in [-0.39, 0.29) is 5.91 Å². The van der Waals surface area contributed by atoms with Crippen molar-refractivity contribution in [3.05, 3.63) is 47.0 Å². The molecule has 0 fully saturated rings. The van der Waals surface area contributed by atoms with Crippen LogP contribution in [0.15, 0.2) is 40.9 Å². The summed E-state index contributed by atoms with van der Waals surface area (Å²) in [6.07, 6.45) is 4.68. The van der Waals surface area contributed by atoms with E-state index in [1.165, 1.54) is 6.33 Å². The lowest BCUT2D eigenvalue weighted by Crippen LogP contribution is -2.21. The van der Waals surface area contributed by atoms with E-state index in [0.29, 0.717) is 5.65 Å². The first kappa shape index (κ1) is 12.2. The summed E-state index contributed by atoms with van der Waals surface area (Å²) in [5, 5.41) is 2.49. The van der Waals surface area contributed by atoms with E-state index in [4.69, 9.17) is 0 Å². The molecule has 21 heavy (non-hydrogen) atoms. The normalized spacial score (nSPS) is 13.0. The second-order valence-corrected chi connectivity index (χ2v) is 5.52. The Balaban J connectivity index is 1.62. The molecule has 1 aliphatic heterocycles. The fraction of sp³-hybridized carbons (Fsp3) is 0.0714. The molecule has 3 heterocycles. The quantitative estimate of drug-likeness (QED) is 0.564. The first-order valence-corrected chi connectivity index (χ1v) is 7.28. The van der Waals surface area contributed by atoms with Crippen LogP contribution in [0.5, 0.6) is 0 Å². The second kappa shape index (κ2) is 4.78. The smallest absolute Gasteiger partial charge is 0.270 e. The molecule has 1 aliphatic rings. The zero-order chi connectivity index (χ0) is 14.2. The van der Waals surface area contributed by atoms with Gasteiger partial charge in [-0.05, 0) is 17.7 Å². The highest BCUT2D eigenvalue weighted by atomic mass is 32.2. The molecule has 6 nitrogen and oxygen atoms in total. The van der Waals surface area contributed by atoms with Crippen LogP contribution in [0.3, 0.4) is 0 Å². The van der Waals surface area contributed by atoms with Crippen molar-refractivity contribution in [1.29, 1.82) is 0 Å². The third-order valence-corrected chi connectivity index (χ3v) is 4.23. The molecular weight excluding hydrogens is 286 g/mol. The van der Waals surface area contributed by atoms with Gasteiger partial charge in [0.05, 0.1) is 11.7 Å². The molecule has 1 amide bonds. The molecule has 0 unspecified atom stereocenters. The fourth-order valence-electron chi connectivity index (χ4n) is 2.20. The largest absolute Gasteiger partial charge is 0.341 e. The van der Waals surface area contributed by atoms with Gasteiger partial charge in [-0.3, -0.25) is 4.79 Å². The van der Waals surface area contributed by atoms with Crippen LogP contribution >= 0.6 is 11.8 Å². The fourth-order valence-corrected chi connectivity index (χ4v) is 3.10. The Labute approximate surface area is 123 Å². The minimum absolute atomic E-state index is 0.190. The van der Waals surface area contributed by atoms with Crippen molar-refractivity contribution >= 4 is 34.9 Å². The molecule has 1 N–H and O–H groups in total. The summed E-state index contributed by atoms with van der Waals surface area (Å²) < 4.78 is 0. The molecule has 0 radical (unpaired) electrons. The molecule has 0 aliphatic carbocycles. The van der Waals surface area contributed by atoms with Gasteiger partial charge in [0.1, 0.15) is 16.9 Å². The molecule has 4 rings (SSSR count). The van der Waals surface area contributed by atoms with E-state index in [9.17, 15) is 4.79 Å². The number of amides is 1. The van der Waals surface area contributed by atoms with Gasteiger partial charge in [-0.15, -0.1) is 0 Å². The van der Waals surface area contributed by atoms with Gasteiger partial charge in [0, 0.05) is 17.0 Å². The van der Waals surface area contributed by atoms with Crippen LogP contribution in [0.25, 0.3) is 17.2 Å². The van der Waals surface area contributed by atoms with E-state index >= 15 is 0 Å². The Morgan fingerprint density at radius 2 is 2.14 bits per heavy atom. The number of H-pyrrole nitrogens is 1. The van der Waals surface area contributed by atoms with Crippen molar-refractivity contribution < 1.29 is 4.79 Å². The molecule has 1 aromatic carbocycles. The van der Waals surface area contributed by atoms with Crippen molar-refractivity contribution in [3.63, 3.8) is 0 Å². The zero-order valence-electron chi connectivity index (χ0n) is 10.8. The molecule has 0 spiro atoms. The zero-order valence-corrected chi connectivity index (χ0v) is 11.6. The number of imidazole rings is 1. The van der Waals surface area contributed by atoms with E-state index in [0.717, 1.165) is 32.4 Å². The maximum atomic E-state index is 11.3. The number of rotatable bonds is 3. The van der Waals surface area contributed by atoms with Crippen molar-refractivity contribution in [1.82, 2.24) is 19.9 Å². The van der Waals surface area contributed by atoms with Crippen LogP contribution in [0.1, 0.15) is 5.56 Å². The molecular formula is C14H9N5OS. The molecule has 3 aromatic rings. The summed E-state index contributed by atoms with van der Waals surface area (Å²) in [4.78, 5) is 30.7. The standard InChI is InChI=1S/C14H9N5OS/c20-11-4-9-3-8(1-2-10(9)19-11)5-21-14-12-13(16-6-15-12)17-7-18-14/h1-4,6-7H,5H2,(H,15,16,17,18). The number of carbonyl (C=O) groups is 1. The van der Waals surface area contributed by atoms with Crippen molar-refractivity contribution in [2.45, 2.75) is 10.8 Å². The number of aromatic nitrogens is 4. The van der Waals surface area contributed by atoms with Crippen LogP contribution in [0.4, 0.5) is 0 Å². The predicted molar refractivity (Wildman–Crippen MR) is 77.9 cm³/mol. The van der Waals surface area contributed by atoms with Crippen LogP contribution in [0, 0.1) is 0 Å². The molecule has 0 atom stereocenters. The van der Waals surface area contributed by atoms with Crippen LogP contribution in [-0.2, 0) is 10.5 Å². The Kier molecular flexibility index (Phi) is 2.78. The first-order chi connectivity index (χ1) is 10.3. The van der Waals surface area contributed by atoms with Gasteiger partial charge in [0.25, 0.3) is 5.91 Å². The summed E-state index contributed by atoms with van der Waals surface area (Å²) in [7, 11) is 0. The van der Waals surface area contributed by atoms with Gasteiger partial charge >= 0.3 is 0 Å². The summed E-state index contributed by atoms with van der Waals surface area (Å²) in [6.45, 7) is 0. The van der Waals surface area contributed by atoms with E-state index in [1.54, 1.807) is 24.2 Å². The molecule has 2 aromatic heterocycles. The molecule has 7 heteroatoms. The first-order valence-electron chi connectivity index (χ1n) is 6.30. The number of hydrogen-bond acceptors (Lipinski definition) is 5. The summed E-state index contributed by atoms with van der Waals surface area (Å²) in [5.74, 6) is 0.560. The van der Waals surface area contributed by atoms with Gasteiger partial charge in [0.15, 0.2) is 5.65 Å². The van der Waals surface area contributed by atoms with Gasteiger partial charge in [0.2, 0.25) is 0 Å². The van der Waals surface area contributed by atoms with Crippen molar-refractivity contribution in [2.75, 3.05) is 0 Å². The maximum absolute atomic E-state index is 11.3. The van der Waals surface area contributed by atoms with E-state index in [1.807, 2.05) is 18.2 Å². The van der Waals surface area contributed by atoms with Gasteiger partial charge < -0.3 is 4.98 Å². The average Bonchev–Trinajstić information content (AvgIpc) is 3.09. The number of carbonyl (C=O) groups excluding carboxylic acids is 1. The summed E-state index contributed by atoms with van der Waals surface area (Å²) >= 11 is 1.60. The molecule has 0 bridgehead atoms. The number of nitrogens with zero attached hydrogens (tertiary/aromatic N) is 4. The predicted octanol–water partition coefficient (Wildman–Crippen LogP) is 0.585. The minimum Gasteiger partial charge on any atom is -0.341 e. The van der Waals surface area contributed by atoms with Gasteiger partial charge in [-0.1, -0.05) is 17.8 Å². The Hall–Kier alpha value is -2.54. The third-order valence-electron chi connectivity index (χ3n) is 3.17. The average molecular weight is 295 g/mol. The Morgan fingerprint density at radius 1 is 1.19 bits per heavy atom. The lowest BCUT2D eigenvalue weighted by molar-refractivity contribution is -0.112. The van der Waals surface area contributed by atoms with Crippen LogP contribution in [-0.4, -0.2) is 25.8 Å². The van der Waals surface area contributed by atoms with E-state index in [2.05, 4.69) is 24.9 Å². The molecule has 102 valence electrons. The SMILES string of the molecule is O=C1C=c2cc(CSc3ncnc4nc[nH]c34)ccc2=N1. The highest BCUT2D eigenvalue weighted by molar-refractivity contribution is 7.98. The van der Waals surface area contributed by atoms with Crippen molar-refractivity contribution in [3.8, 4) is 0 Å². The number of fused-ring (bicyclic) bond motifs is 2. The summed E-state index contributed by atoms with van der Waals surface area (Å²) in [6, 6.07) is 5.84. The number of nitrogens with one attached hydrogen (secondary N) is 1. The highest BCUT2D eigenvalue weighted by Crippen LogP contribution is 2.24.